The van der Waals surface area contributed by atoms with E-state index in [-0.39, 0.29) is 0 Å². The second-order valence-corrected chi connectivity index (χ2v) is 2.74. The second kappa shape index (κ2) is 3.05. The molecule has 4 nitrogen and oxygen atoms in total. The number of ether oxygens (including phenoxy) is 1. The fraction of sp³-hybridized carbons (Fsp3) is 0.333. The van der Waals surface area contributed by atoms with Crippen molar-refractivity contribution in [3.63, 3.8) is 0 Å². The molecule has 0 fully saturated rings. The fourth-order valence-corrected chi connectivity index (χ4v) is 1.21. The van der Waals surface area contributed by atoms with Crippen LogP contribution in [0, 0.1) is 0 Å². The van der Waals surface area contributed by atoms with Crippen molar-refractivity contribution in [2.24, 2.45) is 0 Å². The van der Waals surface area contributed by atoms with Gasteiger partial charge in [-0.15, -0.1) is 0 Å². The summed E-state index contributed by atoms with van der Waals surface area (Å²) in [7, 11) is 1.64. The number of rotatable bonds is 2. The van der Waals surface area contributed by atoms with Crippen molar-refractivity contribution < 1.29 is 4.74 Å². The molecule has 0 aliphatic heterocycles. The minimum atomic E-state index is 0.789. The van der Waals surface area contributed by atoms with Crippen molar-refractivity contribution >= 4 is 11.0 Å². The summed E-state index contributed by atoms with van der Waals surface area (Å²) >= 11 is 0. The molecule has 0 unspecified atom stereocenters. The van der Waals surface area contributed by atoms with Gasteiger partial charge in [-0.25, -0.2) is 0 Å². The van der Waals surface area contributed by atoms with Gasteiger partial charge in [-0.1, -0.05) is 0 Å². The van der Waals surface area contributed by atoms with Crippen LogP contribution in [0.2, 0.25) is 0 Å². The monoisotopic (exact) mass is 177 g/mol. The Morgan fingerprint density at radius 1 is 1.31 bits per heavy atom. The van der Waals surface area contributed by atoms with Crippen molar-refractivity contribution in [2.45, 2.75) is 13.5 Å². The molecule has 2 aromatic rings. The summed E-state index contributed by atoms with van der Waals surface area (Å²) < 4.78 is 5.09. The van der Waals surface area contributed by atoms with E-state index in [9.17, 15) is 0 Å². The molecule has 1 aromatic carbocycles. The van der Waals surface area contributed by atoms with Gasteiger partial charge < -0.3 is 4.74 Å². The number of aromatic nitrogens is 3. The maximum absolute atomic E-state index is 5.09. The maximum Gasteiger partial charge on any atom is 0.121 e. The highest BCUT2D eigenvalue weighted by Crippen LogP contribution is 2.16. The topological polar surface area (TPSA) is 39.9 Å². The van der Waals surface area contributed by atoms with Gasteiger partial charge in [0.1, 0.15) is 16.8 Å². The normalized spacial score (nSPS) is 10.6. The molecule has 0 atom stereocenters. The molecule has 0 aliphatic carbocycles. The maximum atomic E-state index is 5.09. The number of benzene rings is 1. The van der Waals surface area contributed by atoms with Gasteiger partial charge in [0.25, 0.3) is 0 Å². The highest BCUT2D eigenvalue weighted by molar-refractivity contribution is 5.75. The van der Waals surface area contributed by atoms with E-state index in [0.717, 1.165) is 23.3 Å². The zero-order valence-corrected chi connectivity index (χ0v) is 7.69. The Morgan fingerprint density at radius 3 is 2.77 bits per heavy atom. The highest BCUT2D eigenvalue weighted by Gasteiger charge is 2.01. The van der Waals surface area contributed by atoms with Crippen LogP contribution in [0.4, 0.5) is 0 Å². The van der Waals surface area contributed by atoms with Crippen LogP contribution in [0.5, 0.6) is 5.75 Å². The van der Waals surface area contributed by atoms with Crippen molar-refractivity contribution in [3.8, 4) is 5.75 Å². The van der Waals surface area contributed by atoms with Gasteiger partial charge >= 0.3 is 0 Å². The Balaban J connectivity index is 2.57. The van der Waals surface area contributed by atoms with E-state index >= 15 is 0 Å². The van der Waals surface area contributed by atoms with E-state index in [0.29, 0.717) is 0 Å². The first-order valence-electron chi connectivity index (χ1n) is 4.22. The second-order valence-electron chi connectivity index (χ2n) is 2.74. The molecule has 0 radical (unpaired) electrons. The third-order valence-corrected chi connectivity index (χ3v) is 1.91. The summed E-state index contributed by atoms with van der Waals surface area (Å²) in [6.07, 6.45) is 0. The lowest BCUT2D eigenvalue weighted by Gasteiger charge is -1.95. The number of fused-ring (bicyclic) bond motifs is 1. The van der Waals surface area contributed by atoms with Crippen LogP contribution >= 0.6 is 0 Å². The van der Waals surface area contributed by atoms with Crippen molar-refractivity contribution in [3.05, 3.63) is 18.2 Å². The Labute approximate surface area is 76.1 Å². The first kappa shape index (κ1) is 8.04. The van der Waals surface area contributed by atoms with Crippen LogP contribution in [0.1, 0.15) is 6.92 Å². The molecule has 68 valence electrons. The molecule has 13 heavy (non-hydrogen) atoms. The molecule has 0 bridgehead atoms. The van der Waals surface area contributed by atoms with E-state index in [4.69, 9.17) is 4.74 Å². The third kappa shape index (κ3) is 1.35. The Morgan fingerprint density at radius 2 is 2.08 bits per heavy atom. The molecule has 0 amide bonds. The molecule has 0 saturated heterocycles. The summed E-state index contributed by atoms with van der Waals surface area (Å²) in [5.74, 6) is 0.815. The molecule has 4 heteroatoms. The molecular weight excluding hydrogens is 166 g/mol. The lowest BCUT2D eigenvalue weighted by molar-refractivity contribution is 0.415. The fourth-order valence-electron chi connectivity index (χ4n) is 1.21. The predicted octanol–water partition coefficient (Wildman–Crippen LogP) is 1.46. The molecule has 2 rings (SSSR count). The third-order valence-electron chi connectivity index (χ3n) is 1.91. The number of hydrogen-bond donors (Lipinski definition) is 0. The largest absolute Gasteiger partial charge is 0.497 e. The van der Waals surface area contributed by atoms with Crippen LogP contribution in [-0.4, -0.2) is 22.1 Å². The highest BCUT2D eigenvalue weighted by atomic mass is 16.5. The molecule has 0 N–H and O–H groups in total. The predicted molar refractivity (Wildman–Crippen MR) is 49.8 cm³/mol. The first-order valence-corrected chi connectivity index (χ1v) is 4.22. The Hall–Kier alpha value is -1.58. The van der Waals surface area contributed by atoms with E-state index in [1.807, 2.05) is 25.1 Å². The van der Waals surface area contributed by atoms with Crippen molar-refractivity contribution in [1.82, 2.24) is 15.0 Å². The first-order chi connectivity index (χ1) is 6.33. The lowest BCUT2D eigenvalue weighted by atomic mass is 10.3. The summed E-state index contributed by atoms with van der Waals surface area (Å²) in [4.78, 5) is 1.67. The molecule has 1 heterocycles. The Bertz CT molecular complexity index is 420. The molecule has 0 aliphatic rings. The number of hydrogen-bond acceptors (Lipinski definition) is 3. The van der Waals surface area contributed by atoms with Gasteiger partial charge in [-0.05, 0) is 19.1 Å². The zero-order valence-electron chi connectivity index (χ0n) is 7.69. The van der Waals surface area contributed by atoms with Crippen LogP contribution in [0.3, 0.4) is 0 Å². The average Bonchev–Trinajstić information content (AvgIpc) is 2.58. The van der Waals surface area contributed by atoms with Gasteiger partial charge in [-0.3, -0.25) is 0 Å². The average molecular weight is 177 g/mol. The van der Waals surface area contributed by atoms with Gasteiger partial charge in [0.15, 0.2) is 0 Å². The van der Waals surface area contributed by atoms with Crippen LogP contribution in [0.15, 0.2) is 18.2 Å². The van der Waals surface area contributed by atoms with Crippen LogP contribution in [0.25, 0.3) is 11.0 Å². The summed E-state index contributed by atoms with van der Waals surface area (Å²) in [6.45, 7) is 2.80. The smallest absolute Gasteiger partial charge is 0.121 e. The SMILES string of the molecule is CCn1nc2ccc(OC)cc2n1. The van der Waals surface area contributed by atoms with Crippen molar-refractivity contribution in [2.75, 3.05) is 7.11 Å². The van der Waals surface area contributed by atoms with Gasteiger partial charge in [-0.2, -0.15) is 15.0 Å². The van der Waals surface area contributed by atoms with E-state index in [2.05, 4.69) is 10.2 Å². The van der Waals surface area contributed by atoms with Crippen LogP contribution in [-0.2, 0) is 6.54 Å². The lowest BCUT2D eigenvalue weighted by Crippen LogP contribution is -1.97. The van der Waals surface area contributed by atoms with Gasteiger partial charge in [0.2, 0.25) is 0 Å². The zero-order chi connectivity index (χ0) is 9.26. The summed E-state index contributed by atoms with van der Waals surface area (Å²) in [5.41, 5.74) is 1.78. The van der Waals surface area contributed by atoms with E-state index < -0.39 is 0 Å². The number of methoxy groups -OCH3 is 1. The van der Waals surface area contributed by atoms with E-state index in [1.165, 1.54) is 0 Å². The molecule has 0 saturated carbocycles. The minimum Gasteiger partial charge on any atom is -0.497 e. The minimum absolute atomic E-state index is 0.789. The van der Waals surface area contributed by atoms with Crippen LogP contribution < -0.4 is 4.74 Å². The van der Waals surface area contributed by atoms with Gasteiger partial charge in [0, 0.05) is 6.07 Å². The quantitative estimate of drug-likeness (QED) is 0.697. The number of nitrogens with zero attached hydrogens (tertiary/aromatic N) is 3. The molecule has 1 aromatic heterocycles. The summed E-state index contributed by atoms with van der Waals surface area (Å²) in [5, 5.41) is 8.52. The molecule has 0 spiro atoms. The summed E-state index contributed by atoms with van der Waals surface area (Å²) in [6, 6.07) is 5.68. The van der Waals surface area contributed by atoms with Crippen molar-refractivity contribution in [1.29, 1.82) is 0 Å². The standard InChI is InChI=1S/C9H11N3O/c1-3-12-10-8-5-4-7(13-2)6-9(8)11-12/h4-6H,3H2,1-2H3. The van der Waals surface area contributed by atoms with E-state index in [1.54, 1.807) is 11.9 Å². The number of aryl methyl sites for hydroxylation is 1. The Kier molecular flexibility index (Phi) is 1.88. The van der Waals surface area contributed by atoms with Gasteiger partial charge in [0.05, 0.1) is 13.7 Å². The molecular formula is C9H11N3O.